The van der Waals surface area contributed by atoms with Crippen molar-refractivity contribution in [1.29, 1.82) is 0 Å². The molecule has 2 nitrogen and oxygen atoms in total. The summed E-state index contributed by atoms with van der Waals surface area (Å²) in [6.45, 7) is 8.48. The van der Waals surface area contributed by atoms with E-state index in [1.54, 1.807) is 0 Å². The summed E-state index contributed by atoms with van der Waals surface area (Å²) in [6, 6.07) is 9.20. The molecular weight excluding hydrogens is 246 g/mol. The van der Waals surface area contributed by atoms with Gasteiger partial charge in [0.25, 0.3) is 0 Å². The van der Waals surface area contributed by atoms with Gasteiger partial charge in [-0.15, -0.1) is 0 Å². The largest absolute Gasteiger partial charge is 0.494 e. The Morgan fingerprint density at radius 2 is 1.95 bits per heavy atom. The van der Waals surface area contributed by atoms with Crippen LogP contribution < -0.4 is 10.1 Å². The highest BCUT2D eigenvalue weighted by molar-refractivity contribution is 5.29. The van der Waals surface area contributed by atoms with Crippen LogP contribution in [0.2, 0.25) is 0 Å². The summed E-state index contributed by atoms with van der Waals surface area (Å²) in [5.74, 6) is 2.65. The van der Waals surface area contributed by atoms with Crippen LogP contribution in [0.5, 0.6) is 5.75 Å². The monoisotopic (exact) mass is 275 g/mol. The van der Waals surface area contributed by atoms with Crippen molar-refractivity contribution < 1.29 is 4.74 Å². The Kier molecular flexibility index (Phi) is 5.90. The first-order chi connectivity index (χ1) is 9.74. The van der Waals surface area contributed by atoms with Gasteiger partial charge in [0.1, 0.15) is 5.75 Å². The van der Waals surface area contributed by atoms with Crippen molar-refractivity contribution in [1.82, 2.24) is 5.32 Å². The number of rotatable bonds is 7. The summed E-state index contributed by atoms with van der Waals surface area (Å²) in [7, 11) is 0. The molecule has 112 valence electrons. The SMILES string of the molecule is CCCNC(c1ccc(OCC)cc1)C1CCC(C)C1. The molecule has 20 heavy (non-hydrogen) atoms. The predicted octanol–water partition coefficient (Wildman–Crippen LogP) is 4.56. The van der Waals surface area contributed by atoms with Gasteiger partial charge in [0.15, 0.2) is 0 Å². The van der Waals surface area contributed by atoms with E-state index in [9.17, 15) is 0 Å². The molecule has 1 aromatic carbocycles. The van der Waals surface area contributed by atoms with Crippen molar-refractivity contribution in [3.63, 3.8) is 0 Å². The standard InChI is InChI=1S/C18H29NO/c1-4-12-19-18(16-7-6-14(3)13-16)15-8-10-17(11-9-15)20-5-2/h8-11,14,16,18-19H,4-7,12-13H2,1-3H3. The molecule has 2 rings (SSSR count). The highest BCUT2D eigenvalue weighted by atomic mass is 16.5. The van der Waals surface area contributed by atoms with Gasteiger partial charge in [-0.1, -0.05) is 32.4 Å². The summed E-state index contributed by atoms with van der Waals surface area (Å²) >= 11 is 0. The molecule has 0 saturated heterocycles. The minimum Gasteiger partial charge on any atom is -0.494 e. The fourth-order valence-corrected chi connectivity index (χ4v) is 3.35. The van der Waals surface area contributed by atoms with E-state index in [-0.39, 0.29) is 0 Å². The molecule has 3 atom stereocenters. The van der Waals surface area contributed by atoms with Crippen molar-refractivity contribution >= 4 is 0 Å². The summed E-state index contributed by atoms with van der Waals surface area (Å²) in [5, 5.41) is 3.76. The van der Waals surface area contributed by atoms with E-state index in [2.05, 4.69) is 43.4 Å². The lowest BCUT2D eigenvalue weighted by Crippen LogP contribution is -2.28. The molecular formula is C18H29NO. The Hall–Kier alpha value is -1.02. The minimum atomic E-state index is 0.510. The molecule has 1 aliphatic carbocycles. The molecule has 0 amide bonds. The van der Waals surface area contributed by atoms with Gasteiger partial charge in [-0.25, -0.2) is 0 Å². The van der Waals surface area contributed by atoms with Crippen molar-refractivity contribution in [3.05, 3.63) is 29.8 Å². The van der Waals surface area contributed by atoms with Crippen LogP contribution >= 0.6 is 0 Å². The molecule has 0 heterocycles. The van der Waals surface area contributed by atoms with Crippen molar-refractivity contribution in [2.75, 3.05) is 13.2 Å². The molecule has 1 fully saturated rings. The molecule has 1 N–H and O–H groups in total. The second-order valence-corrected chi connectivity index (χ2v) is 6.11. The molecule has 3 unspecified atom stereocenters. The third-order valence-electron chi connectivity index (χ3n) is 4.37. The third-order valence-corrected chi connectivity index (χ3v) is 4.37. The normalized spacial score (nSPS) is 23.8. The first-order valence-corrected chi connectivity index (χ1v) is 8.20. The van der Waals surface area contributed by atoms with Crippen LogP contribution in [0.1, 0.15) is 58.1 Å². The van der Waals surface area contributed by atoms with E-state index in [4.69, 9.17) is 4.74 Å². The average molecular weight is 275 g/mol. The highest BCUT2D eigenvalue weighted by Crippen LogP contribution is 2.39. The van der Waals surface area contributed by atoms with Crippen LogP contribution in [-0.4, -0.2) is 13.2 Å². The topological polar surface area (TPSA) is 21.3 Å². The molecule has 1 aliphatic rings. The second kappa shape index (κ2) is 7.68. The summed E-state index contributed by atoms with van der Waals surface area (Å²) < 4.78 is 5.54. The van der Waals surface area contributed by atoms with Gasteiger partial charge >= 0.3 is 0 Å². The van der Waals surface area contributed by atoms with Crippen molar-refractivity contribution in [2.45, 2.75) is 52.5 Å². The molecule has 0 bridgehead atoms. The maximum atomic E-state index is 5.54. The fourth-order valence-electron chi connectivity index (χ4n) is 3.35. The minimum absolute atomic E-state index is 0.510. The summed E-state index contributed by atoms with van der Waals surface area (Å²) in [5.41, 5.74) is 1.42. The fraction of sp³-hybridized carbons (Fsp3) is 0.667. The lowest BCUT2D eigenvalue weighted by Gasteiger charge is -2.25. The number of hydrogen-bond donors (Lipinski definition) is 1. The maximum Gasteiger partial charge on any atom is 0.119 e. The second-order valence-electron chi connectivity index (χ2n) is 6.11. The van der Waals surface area contributed by atoms with Gasteiger partial charge < -0.3 is 10.1 Å². The average Bonchev–Trinajstić information content (AvgIpc) is 2.88. The van der Waals surface area contributed by atoms with Crippen LogP contribution in [0.15, 0.2) is 24.3 Å². The zero-order valence-electron chi connectivity index (χ0n) is 13.2. The highest BCUT2D eigenvalue weighted by Gasteiger charge is 2.29. The molecule has 0 aromatic heterocycles. The molecule has 0 spiro atoms. The molecule has 0 radical (unpaired) electrons. The zero-order valence-corrected chi connectivity index (χ0v) is 13.2. The Morgan fingerprint density at radius 1 is 1.20 bits per heavy atom. The van der Waals surface area contributed by atoms with Crippen LogP contribution in [0, 0.1) is 11.8 Å². The van der Waals surface area contributed by atoms with E-state index in [0.29, 0.717) is 6.04 Å². The zero-order chi connectivity index (χ0) is 14.4. The van der Waals surface area contributed by atoms with E-state index in [1.807, 2.05) is 6.92 Å². The lowest BCUT2D eigenvalue weighted by atomic mass is 9.90. The predicted molar refractivity (Wildman–Crippen MR) is 85.2 cm³/mol. The van der Waals surface area contributed by atoms with E-state index in [1.165, 1.54) is 31.2 Å². The number of hydrogen-bond acceptors (Lipinski definition) is 2. The number of benzene rings is 1. The van der Waals surface area contributed by atoms with Crippen LogP contribution in [0.25, 0.3) is 0 Å². The van der Waals surface area contributed by atoms with Crippen molar-refractivity contribution in [3.8, 4) is 5.75 Å². The van der Waals surface area contributed by atoms with Gasteiger partial charge in [0, 0.05) is 6.04 Å². The van der Waals surface area contributed by atoms with Crippen LogP contribution in [0.4, 0.5) is 0 Å². The van der Waals surface area contributed by atoms with Crippen molar-refractivity contribution in [2.24, 2.45) is 11.8 Å². The number of ether oxygens (including phenoxy) is 1. The lowest BCUT2D eigenvalue weighted by molar-refractivity contribution is 0.338. The number of nitrogens with one attached hydrogen (secondary N) is 1. The molecule has 1 aromatic rings. The van der Waals surface area contributed by atoms with Gasteiger partial charge in [0.2, 0.25) is 0 Å². The Labute approximate surface area is 123 Å². The summed E-state index contributed by atoms with van der Waals surface area (Å²) in [4.78, 5) is 0. The molecule has 0 aliphatic heterocycles. The van der Waals surface area contributed by atoms with Gasteiger partial charge in [0.05, 0.1) is 6.61 Å². The van der Waals surface area contributed by atoms with Gasteiger partial charge in [-0.3, -0.25) is 0 Å². The van der Waals surface area contributed by atoms with Crippen LogP contribution in [-0.2, 0) is 0 Å². The van der Waals surface area contributed by atoms with E-state index >= 15 is 0 Å². The Bertz CT molecular complexity index is 387. The Morgan fingerprint density at radius 3 is 2.50 bits per heavy atom. The first kappa shape index (κ1) is 15.4. The smallest absolute Gasteiger partial charge is 0.119 e. The van der Waals surface area contributed by atoms with E-state index < -0.39 is 0 Å². The molecule has 2 heteroatoms. The van der Waals surface area contributed by atoms with Crippen LogP contribution in [0.3, 0.4) is 0 Å². The maximum absolute atomic E-state index is 5.54. The third kappa shape index (κ3) is 3.99. The molecule has 1 saturated carbocycles. The summed E-state index contributed by atoms with van der Waals surface area (Å²) in [6.07, 6.45) is 5.28. The first-order valence-electron chi connectivity index (χ1n) is 8.20. The Balaban J connectivity index is 2.08. The van der Waals surface area contributed by atoms with E-state index in [0.717, 1.165) is 30.7 Å². The van der Waals surface area contributed by atoms with Gasteiger partial charge in [-0.05, 0) is 62.3 Å². The van der Waals surface area contributed by atoms with Gasteiger partial charge in [-0.2, -0.15) is 0 Å². The quantitative estimate of drug-likeness (QED) is 0.787.